The number of aromatic nitrogens is 2. The molecule has 1 aromatic heterocycles. The van der Waals surface area contributed by atoms with E-state index in [2.05, 4.69) is 43.5 Å². The van der Waals surface area contributed by atoms with E-state index in [0.717, 1.165) is 18.5 Å². The zero-order valence-corrected chi connectivity index (χ0v) is 17.4. The number of nitrogens with two attached hydrogens (primary N) is 1. The molecule has 0 aliphatic rings. The fourth-order valence-electron chi connectivity index (χ4n) is 2.89. The molecule has 0 saturated carbocycles. The van der Waals surface area contributed by atoms with Gasteiger partial charge in [0, 0.05) is 12.0 Å². The molecule has 2 aromatic rings. The Labute approximate surface area is 162 Å². The maximum atomic E-state index is 12.4. The van der Waals surface area contributed by atoms with Gasteiger partial charge in [0.1, 0.15) is 11.5 Å². The van der Waals surface area contributed by atoms with Crippen molar-refractivity contribution in [1.82, 2.24) is 15.1 Å². The summed E-state index contributed by atoms with van der Waals surface area (Å²) < 4.78 is 1.78. The van der Waals surface area contributed by atoms with Crippen molar-refractivity contribution in [3.05, 3.63) is 41.6 Å². The lowest BCUT2D eigenvalue weighted by Gasteiger charge is -2.21. The molecule has 0 bridgehead atoms. The number of rotatable bonds is 5. The first-order valence-corrected chi connectivity index (χ1v) is 9.48. The highest BCUT2D eigenvalue weighted by atomic mass is 16.2. The Hall–Kier alpha value is -2.50. The van der Waals surface area contributed by atoms with Gasteiger partial charge in [-0.1, -0.05) is 51.1 Å². The predicted octanol–water partition coefficient (Wildman–Crippen LogP) is 4.27. The van der Waals surface area contributed by atoms with E-state index in [-0.39, 0.29) is 17.0 Å². The summed E-state index contributed by atoms with van der Waals surface area (Å²) in [5, 5.41) is 10.5. The van der Waals surface area contributed by atoms with Gasteiger partial charge in [-0.15, -0.1) is 0 Å². The fourth-order valence-corrected chi connectivity index (χ4v) is 2.89. The van der Waals surface area contributed by atoms with Crippen LogP contribution in [0.1, 0.15) is 59.2 Å². The van der Waals surface area contributed by atoms with Crippen LogP contribution in [0.5, 0.6) is 0 Å². The Morgan fingerprint density at radius 1 is 1.11 bits per heavy atom. The molecule has 2 rings (SSSR count). The summed E-state index contributed by atoms with van der Waals surface area (Å²) in [7, 11) is 0. The number of aryl methyl sites for hydroxylation is 1. The van der Waals surface area contributed by atoms with Crippen molar-refractivity contribution in [1.29, 1.82) is 0 Å². The number of hydrogen-bond donors (Lipinski definition) is 3. The average Bonchev–Trinajstić information content (AvgIpc) is 2.90. The van der Waals surface area contributed by atoms with E-state index >= 15 is 0 Å². The molecule has 0 radical (unpaired) electrons. The van der Waals surface area contributed by atoms with Crippen LogP contribution < -0.4 is 16.4 Å². The molecule has 0 saturated heterocycles. The van der Waals surface area contributed by atoms with Crippen molar-refractivity contribution in [3.63, 3.8) is 0 Å². The van der Waals surface area contributed by atoms with E-state index in [4.69, 9.17) is 10.8 Å². The third-order valence-corrected chi connectivity index (χ3v) is 4.28. The Morgan fingerprint density at radius 2 is 1.74 bits per heavy atom. The summed E-state index contributed by atoms with van der Waals surface area (Å²) >= 11 is 0. The van der Waals surface area contributed by atoms with Crippen LogP contribution in [0.15, 0.2) is 30.3 Å². The molecular weight excluding hydrogens is 338 g/mol. The Kier molecular flexibility index (Phi) is 6.19. The summed E-state index contributed by atoms with van der Waals surface area (Å²) in [5.41, 5.74) is 8.47. The molecule has 0 fully saturated rings. The van der Waals surface area contributed by atoms with E-state index in [1.807, 2.05) is 39.0 Å². The zero-order chi connectivity index (χ0) is 20.2. The molecule has 2 amide bonds. The largest absolute Gasteiger partial charge is 0.382 e. The highest BCUT2D eigenvalue weighted by molar-refractivity contribution is 5.93. The molecule has 0 spiro atoms. The second-order valence-electron chi connectivity index (χ2n) is 8.91. The Morgan fingerprint density at radius 3 is 2.30 bits per heavy atom. The number of nitrogens with one attached hydrogen (secondary N) is 2. The van der Waals surface area contributed by atoms with E-state index < -0.39 is 0 Å². The number of urea groups is 1. The first kappa shape index (κ1) is 20.8. The van der Waals surface area contributed by atoms with Gasteiger partial charge in [-0.25, -0.2) is 9.48 Å². The molecule has 1 heterocycles. The van der Waals surface area contributed by atoms with Crippen molar-refractivity contribution >= 4 is 17.5 Å². The maximum absolute atomic E-state index is 12.4. The lowest BCUT2D eigenvalue weighted by Crippen LogP contribution is -2.31. The van der Waals surface area contributed by atoms with Gasteiger partial charge in [0.2, 0.25) is 0 Å². The molecular formula is C21H33N5O. The first-order chi connectivity index (χ1) is 12.5. The molecule has 0 unspecified atom stereocenters. The minimum Gasteiger partial charge on any atom is -0.382 e. The number of nitrogens with zero attached hydrogens (tertiary/aromatic N) is 2. The number of hydrogen-bond acceptors (Lipinski definition) is 3. The summed E-state index contributed by atoms with van der Waals surface area (Å²) in [5.74, 6) is 0.479. The average molecular weight is 372 g/mol. The summed E-state index contributed by atoms with van der Waals surface area (Å²) in [6.07, 6.45) is 1.80. The van der Waals surface area contributed by atoms with Gasteiger partial charge in [0.05, 0.1) is 11.2 Å². The molecule has 6 nitrogen and oxygen atoms in total. The number of benzene rings is 1. The summed E-state index contributed by atoms with van der Waals surface area (Å²) in [6.45, 7) is 12.9. The van der Waals surface area contributed by atoms with Crippen LogP contribution >= 0.6 is 0 Å². The third kappa shape index (κ3) is 5.49. The van der Waals surface area contributed by atoms with Gasteiger partial charge in [0.15, 0.2) is 0 Å². The third-order valence-electron chi connectivity index (χ3n) is 4.28. The van der Waals surface area contributed by atoms with Gasteiger partial charge >= 0.3 is 6.03 Å². The van der Waals surface area contributed by atoms with E-state index in [9.17, 15) is 4.79 Å². The smallest absolute Gasteiger partial charge is 0.319 e. The standard InChI is InChI=1S/C21H33N5O/c1-20(2,3)17-16(18(22)26(25-17)21(4,5)6)24-19(27)23-14-10-13-15-11-8-7-9-12-15/h7-9,11-12H,10,13-14,22H2,1-6H3,(H2,23,24,27). The summed E-state index contributed by atoms with van der Waals surface area (Å²) in [4.78, 5) is 12.4. The predicted molar refractivity (Wildman–Crippen MR) is 112 cm³/mol. The van der Waals surface area contributed by atoms with Gasteiger partial charge < -0.3 is 16.4 Å². The number of carbonyl (C=O) groups is 1. The summed E-state index contributed by atoms with van der Waals surface area (Å²) in [6, 6.07) is 9.99. The Bertz CT molecular complexity index is 766. The van der Waals surface area contributed by atoms with Gasteiger partial charge in [-0.2, -0.15) is 5.10 Å². The SMILES string of the molecule is CC(C)(C)c1nn(C(C)(C)C)c(N)c1NC(=O)NCCCc1ccccc1. The normalized spacial score (nSPS) is 12.1. The lowest BCUT2D eigenvalue weighted by atomic mass is 9.91. The topological polar surface area (TPSA) is 85.0 Å². The van der Waals surface area contributed by atoms with Crippen LogP contribution in [-0.2, 0) is 17.4 Å². The van der Waals surface area contributed by atoms with Gasteiger partial charge in [0.25, 0.3) is 0 Å². The second kappa shape index (κ2) is 8.03. The Balaban J connectivity index is 2.03. The molecule has 6 heteroatoms. The zero-order valence-electron chi connectivity index (χ0n) is 17.4. The molecule has 148 valence electrons. The lowest BCUT2D eigenvalue weighted by molar-refractivity contribution is 0.252. The number of nitrogen functional groups attached to an aromatic ring is 1. The van der Waals surface area contributed by atoms with Crippen molar-refractivity contribution in [2.24, 2.45) is 0 Å². The quantitative estimate of drug-likeness (QED) is 0.686. The molecule has 4 N–H and O–H groups in total. The van der Waals surface area contributed by atoms with E-state index in [1.54, 1.807) is 4.68 Å². The monoisotopic (exact) mass is 371 g/mol. The first-order valence-electron chi connectivity index (χ1n) is 9.48. The van der Waals surface area contributed by atoms with Crippen LogP contribution in [0.4, 0.5) is 16.3 Å². The van der Waals surface area contributed by atoms with Crippen molar-refractivity contribution < 1.29 is 4.79 Å². The van der Waals surface area contributed by atoms with E-state index in [1.165, 1.54) is 5.56 Å². The van der Waals surface area contributed by atoms with Gasteiger partial charge in [-0.3, -0.25) is 0 Å². The number of amides is 2. The molecule has 0 aliphatic carbocycles. The minimum absolute atomic E-state index is 0.236. The maximum Gasteiger partial charge on any atom is 0.319 e. The highest BCUT2D eigenvalue weighted by Gasteiger charge is 2.30. The van der Waals surface area contributed by atoms with Gasteiger partial charge in [-0.05, 0) is 39.2 Å². The van der Waals surface area contributed by atoms with Crippen LogP contribution in [0, 0.1) is 0 Å². The fraction of sp³-hybridized carbons (Fsp3) is 0.524. The van der Waals surface area contributed by atoms with Crippen LogP contribution in [0.2, 0.25) is 0 Å². The molecule has 0 atom stereocenters. The van der Waals surface area contributed by atoms with Crippen LogP contribution in [0.25, 0.3) is 0 Å². The number of anilines is 2. The van der Waals surface area contributed by atoms with Crippen LogP contribution in [0.3, 0.4) is 0 Å². The van der Waals surface area contributed by atoms with Crippen molar-refractivity contribution in [2.75, 3.05) is 17.6 Å². The molecule has 0 aliphatic heterocycles. The van der Waals surface area contributed by atoms with E-state index in [0.29, 0.717) is 18.1 Å². The van der Waals surface area contributed by atoms with Crippen molar-refractivity contribution in [3.8, 4) is 0 Å². The minimum atomic E-state index is -0.268. The highest BCUT2D eigenvalue weighted by Crippen LogP contribution is 2.35. The number of carbonyl (C=O) groups excluding carboxylic acids is 1. The van der Waals surface area contributed by atoms with Crippen molar-refractivity contribution in [2.45, 2.75) is 65.3 Å². The molecule has 27 heavy (non-hydrogen) atoms. The second-order valence-corrected chi connectivity index (χ2v) is 8.91. The molecule has 1 aromatic carbocycles. The van der Waals surface area contributed by atoms with Crippen LogP contribution in [-0.4, -0.2) is 22.4 Å².